The molecular formula is C14H22N2OS. The lowest BCUT2D eigenvalue weighted by Crippen LogP contribution is -2.14. The smallest absolute Gasteiger partial charge is 0.227 e. The van der Waals surface area contributed by atoms with Gasteiger partial charge in [-0.05, 0) is 18.1 Å². The molecule has 3 N–H and O–H groups in total. The first kappa shape index (κ1) is 14.9. The van der Waals surface area contributed by atoms with Crippen LogP contribution in [0.25, 0.3) is 0 Å². The molecule has 100 valence electrons. The number of anilines is 1. The maximum absolute atomic E-state index is 10.8. The summed E-state index contributed by atoms with van der Waals surface area (Å²) >= 11 is 1.48. The van der Waals surface area contributed by atoms with Crippen molar-refractivity contribution in [3.8, 4) is 0 Å². The minimum absolute atomic E-state index is 0.283. The number of rotatable bonds is 8. The summed E-state index contributed by atoms with van der Waals surface area (Å²) in [6, 6.07) is 8.05. The van der Waals surface area contributed by atoms with Gasteiger partial charge in [-0.2, -0.15) is 0 Å². The largest absolute Gasteiger partial charge is 0.384 e. The van der Waals surface area contributed by atoms with E-state index < -0.39 is 0 Å². The number of carbonyl (C=O) groups excluding carboxylic acids is 1. The maximum atomic E-state index is 10.8. The summed E-state index contributed by atoms with van der Waals surface area (Å²) in [5.41, 5.74) is 6.27. The average Bonchev–Trinajstić information content (AvgIpc) is 2.38. The molecule has 0 fully saturated rings. The number of amides is 1. The quantitative estimate of drug-likeness (QED) is 0.711. The van der Waals surface area contributed by atoms with Crippen molar-refractivity contribution in [2.24, 2.45) is 11.7 Å². The molecule has 0 aliphatic rings. The lowest BCUT2D eigenvalue weighted by Gasteiger charge is -2.16. The van der Waals surface area contributed by atoms with Crippen molar-refractivity contribution >= 4 is 23.4 Å². The zero-order chi connectivity index (χ0) is 13.4. The Bertz CT molecular complexity index is 378. The van der Waals surface area contributed by atoms with Gasteiger partial charge in [0, 0.05) is 17.1 Å². The molecule has 1 aromatic carbocycles. The number of nitrogens with one attached hydrogen (secondary N) is 1. The van der Waals surface area contributed by atoms with Gasteiger partial charge in [0.25, 0.3) is 0 Å². The molecule has 4 heteroatoms. The van der Waals surface area contributed by atoms with Crippen LogP contribution in [0.3, 0.4) is 0 Å². The van der Waals surface area contributed by atoms with Gasteiger partial charge in [0.05, 0.1) is 5.75 Å². The van der Waals surface area contributed by atoms with Crippen molar-refractivity contribution in [1.82, 2.24) is 0 Å². The highest BCUT2D eigenvalue weighted by molar-refractivity contribution is 8.00. The zero-order valence-electron chi connectivity index (χ0n) is 11.1. The van der Waals surface area contributed by atoms with Gasteiger partial charge in [-0.3, -0.25) is 4.79 Å². The van der Waals surface area contributed by atoms with Crippen molar-refractivity contribution in [3.05, 3.63) is 24.3 Å². The molecule has 0 atom stereocenters. The molecule has 1 aromatic rings. The topological polar surface area (TPSA) is 55.1 Å². The van der Waals surface area contributed by atoms with E-state index in [1.54, 1.807) is 0 Å². The third-order valence-electron chi connectivity index (χ3n) is 2.99. The molecule has 0 spiro atoms. The van der Waals surface area contributed by atoms with Gasteiger partial charge in [-0.15, -0.1) is 11.8 Å². The van der Waals surface area contributed by atoms with Crippen LogP contribution < -0.4 is 11.1 Å². The molecule has 1 rings (SSSR count). The van der Waals surface area contributed by atoms with Gasteiger partial charge in [0.15, 0.2) is 0 Å². The van der Waals surface area contributed by atoms with Crippen LogP contribution in [-0.4, -0.2) is 18.2 Å². The Kier molecular flexibility index (Phi) is 6.65. The molecule has 0 aliphatic heterocycles. The molecule has 0 unspecified atom stereocenters. The Hall–Kier alpha value is -1.16. The molecular weight excluding hydrogens is 244 g/mol. The summed E-state index contributed by atoms with van der Waals surface area (Å²) < 4.78 is 0. The van der Waals surface area contributed by atoms with Crippen LogP contribution >= 0.6 is 11.8 Å². The molecule has 0 heterocycles. The van der Waals surface area contributed by atoms with Crippen LogP contribution in [0.15, 0.2) is 29.2 Å². The average molecular weight is 266 g/mol. The van der Waals surface area contributed by atoms with E-state index in [2.05, 4.69) is 19.2 Å². The number of carbonyl (C=O) groups is 1. The summed E-state index contributed by atoms with van der Waals surface area (Å²) in [7, 11) is 0. The monoisotopic (exact) mass is 266 g/mol. The SMILES string of the molecule is CCC(CC)CNc1ccccc1SCC(N)=O. The van der Waals surface area contributed by atoms with E-state index in [0.717, 1.165) is 17.1 Å². The Morgan fingerprint density at radius 1 is 1.33 bits per heavy atom. The molecule has 0 saturated carbocycles. The van der Waals surface area contributed by atoms with Crippen LogP contribution in [0, 0.1) is 5.92 Å². The highest BCUT2D eigenvalue weighted by Gasteiger charge is 2.07. The summed E-state index contributed by atoms with van der Waals surface area (Å²) in [6.07, 6.45) is 2.36. The number of para-hydroxylation sites is 1. The highest BCUT2D eigenvalue weighted by Crippen LogP contribution is 2.27. The number of primary amides is 1. The first-order chi connectivity index (χ1) is 8.67. The van der Waals surface area contributed by atoms with Gasteiger partial charge in [0.1, 0.15) is 0 Å². The van der Waals surface area contributed by atoms with E-state index in [1.165, 1.54) is 24.6 Å². The third-order valence-corrected chi connectivity index (χ3v) is 4.09. The molecule has 3 nitrogen and oxygen atoms in total. The van der Waals surface area contributed by atoms with Crippen LogP contribution in [0.1, 0.15) is 26.7 Å². The lowest BCUT2D eigenvalue weighted by molar-refractivity contribution is -0.115. The predicted octanol–water partition coefficient (Wildman–Crippen LogP) is 3.11. The van der Waals surface area contributed by atoms with Crippen LogP contribution in [-0.2, 0) is 4.79 Å². The minimum atomic E-state index is -0.283. The number of nitrogens with two attached hydrogens (primary N) is 1. The number of hydrogen-bond donors (Lipinski definition) is 2. The van der Waals surface area contributed by atoms with Crippen molar-refractivity contribution in [2.75, 3.05) is 17.6 Å². The van der Waals surface area contributed by atoms with E-state index in [0.29, 0.717) is 11.7 Å². The van der Waals surface area contributed by atoms with Crippen molar-refractivity contribution in [2.45, 2.75) is 31.6 Å². The second kappa shape index (κ2) is 8.03. The van der Waals surface area contributed by atoms with Gasteiger partial charge in [-0.25, -0.2) is 0 Å². The van der Waals surface area contributed by atoms with E-state index in [1.807, 2.05) is 24.3 Å². The van der Waals surface area contributed by atoms with E-state index in [-0.39, 0.29) is 5.91 Å². The summed E-state index contributed by atoms with van der Waals surface area (Å²) in [5.74, 6) is 0.734. The van der Waals surface area contributed by atoms with Gasteiger partial charge >= 0.3 is 0 Å². The Balaban J connectivity index is 2.61. The predicted molar refractivity (Wildman–Crippen MR) is 78.9 cm³/mol. The first-order valence-corrected chi connectivity index (χ1v) is 7.39. The summed E-state index contributed by atoms with van der Waals surface area (Å²) in [5, 5.41) is 3.47. The van der Waals surface area contributed by atoms with Crippen molar-refractivity contribution in [3.63, 3.8) is 0 Å². The fourth-order valence-electron chi connectivity index (χ4n) is 1.72. The Labute approximate surface area is 114 Å². The molecule has 1 amide bonds. The Morgan fingerprint density at radius 2 is 2.00 bits per heavy atom. The molecule has 0 bridgehead atoms. The van der Waals surface area contributed by atoms with Crippen molar-refractivity contribution in [1.29, 1.82) is 0 Å². The normalized spacial score (nSPS) is 10.6. The fraction of sp³-hybridized carbons (Fsp3) is 0.500. The van der Waals surface area contributed by atoms with Gasteiger partial charge in [0.2, 0.25) is 5.91 Å². The van der Waals surface area contributed by atoms with Crippen LogP contribution in [0.2, 0.25) is 0 Å². The molecule has 0 saturated heterocycles. The lowest BCUT2D eigenvalue weighted by atomic mass is 10.0. The zero-order valence-corrected chi connectivity index (χ0v) is 11.9. The highest BCUT2D eigenvalue weighted by atomic mass is 32.2. The van der Waals surface area contributed by atoms with E-state index in [4.69, 9.17) is 5.73 Å². The molecule has 0 aliphatic carbocycles. The van der Waals surface area contributed by atoms with Gasteiger partial charge in [-0.1, -0.05) is 38.8 Å². The number of benzene rings is 1. The van der Waals surface area contributed by atoms with Crippen LogP contribution in [0.4, 0.5) is 5.69 Å². The van der Waals surface area contributed by atoms with Gasteiger partial charge < -0.3 is 11.1 Å². The molecule has 0 aromatic heterocycles. The van der Waals surface area contributed by atoms with Crippen molar-refractivity contribution < 1.29 is 4.79 Å². The fourth-order valence-corrected chi connectivity index (χ4v) is 2.49. The summed E-state index contributed by atoms with van der Waals surface area (Å²) in [4.78, 5) is 11.9. The van der Waals surface area contributed by atoms with Crippen LogP contribution in [0.5, 0.6) is 0 Å². The standard InChI is InChI=1S/C14H22N2OS/c1-3-11(4-2)9-16-12-7-5-6-8-13(12)18-10-14(15)17/h5-8,11,16H,3-4,9-10H2,1-2H3,(H2,15,17). The Morgan fingerprint density at radius 3 is 2.61 bits per heavy atom. The molecule has 18 heavy (non-hydrogen) atoms. The number of thioether (sulfide) groups is 1. The second-order valence-corrected chi connectivity index (χ2v) is 5.33. The second-order valence-electron chi connectivity index (χ2n) is 4.31. The van der Waals surface area contributed by atoms with E-state index in [9.17, 15) is 4.79 Å². The van der Waals surface area contributed by atoms with E-state index >= 15 is 0 Å². The summed E-state index contributed by atoms with van der Waals surface area (Å²) in [6.45, 7) is 5.40. The number of hydrogen-bond acceptors (Lipinski definition) is 3. The molecule has 0 radical (unpaired) electrons. The first-order valence-electron chi connectivity index (χ1n) is 6.41. The third kappa shape index (κ3) is 5.00. The minimum Gasteiger partial charge on any atom is -0.384 e. The maximum Gasteiger partial charge on any atom is 0.227 e.